The van der Waals surface area contributed by atoms with Crippen LogP contribution >= 0.6 is 11.6 Å². The van der Waals surface area contributed by atoms with Crippen molar-refractivity contribution in [1.29, 1.82) is 0 Å². The number of carbonyl (C=O) groups is 1. The van der Waals surface area contributed by atoms with Gasteiger partial charge in [-0.05, 0) is 31.9 Å². The molecule has 2 aromatic rings. The fourth-order valence-electron chi connectivity index (χ4n) is 4.51. The number of hydrogen-bond acceptors (Lipinski definition) is 7. The molecule has 3 aliphatic rings. The van der Waals surface area contributed by atoms with Crippen LogP contribution in [0.4, 0.5) is 10.2 Å². The number of halogens is 2. The average molecular weight is 516 g/mol. The maximum atomic E-state index is 14.6. The van der Waals surface area contributed by atoms with E-state index in [9.17, 15) is 17.6 Å². The number of carbonyl (C=O) groups excluding carboxylic acids is 1. The lowest BCUT2D eigenvalue weighted by atomic mass is 9.94. The molecule has 8 nitrogen and oxygen atoms in total. The fraction of sp³-hybridized carbons (Fsp3) is 0.333. The van der Waals surface area contributed by atoms with Gasteiger partial charge in [-0.1, -0.05) is 35.4 Å². The highest BCUT2D eigenvalue weighted by molar-refractivity contribution is 7.89. The first-order valence-corrected chi connectivity index (χ1v) is 13.1. The molecule has 0 spiro atoms. The molecule has 1 aromatic heterocycles. The third kappa shape index (κ3) is 4.60. The van der Waals surface area contributed by atoms with E-state index in [0.29, 0.717) is 23.4 Å². The van der Waals surface area contributed by atoms with Gasteiger partial charge in [0.15, 0.2) is 17.5 Å². The van der Waals surface area contributed by atoms with Crippen molar-refractivity contribution in [3.05, 3.63) is 65.0 Å². The maximum Gasteiger partial charge on any atom is 0.265 e. The highest BCUT2D eigenvalue weighted by atomic mass is 35.5. The van der Waals surface area contributed by atoms with Gasteiger partial charge in [0.1, 0.15) is 11.9 Å². The first-order valence-electron chi connectivity index (χ1n) is 11.3. The molecule has 0 radical (unpaired) electrons. The van der Waals surface area contributed by atoms with E-state index in [1.807, 2.05) is 6.92 Å². The van der Waals surface area contributed by atoms with Crippen molar-refractivity contribution in [1.82, 2.24) is 14.3 Å². The lowest BCUT2D eigenvalue weighted by Crippen LogP contribution is -2.36. The van der Waals surface area contributed by atoms with E-state index < -0.39 is 27.9 Å². The molecule has 0 bridgehead atoms. The Hall–Kier alpha value is -3.11. The van der Waals surface area contributed by atoms with Crippen molar-refractivity contribution >= 4 is 45.0 Å². The molecular formula is C24H23ClFN5O3S. The molecule has 3 atom stereocenters. The number of ketones is 1. The summed E-state index contributed by atoms with van der Waals surface area (Å²) in [6.45, 7) is 1.87. The highest BCUT2D eigenvalue weighted by Gasteiger charge is 2.43. The van der Waals surface area contributed by atoms with Crippen molar-refractivity contribution in [3.8, 4) is 0 Å². The minimum Gasteiger partial charge on any atom is -0.364 e. The Balaban J connectivity index is 1.52. The van der Waals surface area contributed by atoms with Gasteiger partial charge in [-0.15, -0.1) is 0 Å². The zero-order chi connectivity index (χ0) is 24.7. The van der Waals surface area contributed by atoms with Crippen LogP contribution in [-0.4, -0.2) is 46.9 Å². The van der Waals surface area contributed by atoms with Crippen molar-refractivity contribution in [2.75, 3.05) is 5.32 Å². The molecule has 1 N–H and O–H groups in total. The molecule has 1 aliphatic carbocycles. The molecule has 35 heavy (non-hydrogen) atoms. The molecule has 2 aliphatic heterocycles. The summed E-state index contributed by atoms with van der Waals surface area (Å²) in [5, 5.41) is 3.37. The summed E-state index contributed by atoms with van der Waals surface area (Å²) in [7, 11) is -3.94. The molecular weight excluding hydrogens is 493 g/mol. The molecule has 3 unspecified atom stereocenters. The van der Waals surface area contributed by atoms with Crippen LogP contribution in [0.1, 0.15) is 37.1 Å². The lowest BCUT2D eigenvalue weighted by Gasteiger charge is -2.27. The number of nitrogens with one attached hydrogen (secondary N) is 1. The molecule has 0 amide bonds. The Kier molecular flexibility index (Phi) is 6.18. The predicted molar refractivity (Wildman–Crippen MR) is 131 cm³/mol. The monoisotopic (exact) mass is 515 g/mol. The number of dihydropyridines is 1. The van der Waals surface area contributed by atoms with Crippen LogP contribution in [0.3, 0.4) is 0 Å². The molecule has 182 valence electrons. The van der Waals surface area contributed by atoms with Gasteiger partial charge in [0.25, 0.3) is 10.0 Å². The zero-order valence-corrected chi connectivity index (χ0v) is 20.4. The predicted octanol–water partition coefficient (Wildman–Crippen LogP) is 4.04. The van der Waals surface area contributed by atoms with Crippen LogP contribution in [-0.2, 0) is 14.8 Å². The zero-order valence-electron chi connectivity index (χ0n) is 18.9. The summed E-state index contributed by atoms with van der Waals surface area (Å²) < 4.78 is 42.7. The van der Waals surface area contributed by atoms with Crippen LogP contribution in [0.25, 0.3) is 5.57 Å². The quantitative estimate of drug-likeness (QED) is 0.644. The fourth-order valence-corrected chi connectivity index (χ4v) is 6.15. The number of hydrogen-bond donors (Lipinski definition) is 1. The van der Waals surface area contributed by atoms with E-state index in [-0.39, 0.29) is 28.4 Å². The number of Topliss-reactive ketones (excluding diaryl/α,β-unsaturated/α-hetero) is 1. The van der Waals surface area contributed by atoms with Gasteiger partial charge in [-0.2, -0.15) is 0 Å². The van der Waals surface area contributed by atoms with Gasteiger partial charge in [0.05, 0.1) is 22.0 Å². The first kappa shape index (κ1) is 23.6. The number of sulfonamides is 1. The summed E-state index contributed by atoms with van der Waals surface area (Å²) >= 11 is 6.20. The van der Waals surface area contributed by atoms with Crippen molar-refractivity contribution in [2.45, 2.75) is 49.7 Å². The van der Waals surface area contributed by atoms with Gasteiger partial charge in [-0.3, -0.25) is 9.79 Å². The largest absolute Gasteiger partial charge is 0.364 e. The molecule has 11 heteroatoms. The average Bonchev–Trinajstić information content (AvgIpc) is 3.20. The second-order valence-electron chi connectivity index (χ2n) is 8.87. The van der Waals surface area contributed by atoms with E-state index in [0.717, 1.165) is 24.6 Å². The summed E-state index contributed by atoms with van der Waals surface area (Å²) in [4.78, 5) is 24.8. The van der Waals surface area contributed by atoms with Crippen LogP contribution < -0.4 is 5.32 Å². The first-order chi connectivity index (χ1) is 16.7. The molecule has 1 fully saturated rings. The van der Waals surface area contributed by atoms with Crippen molar-refractivity contribution in [2.24, 2.45) is 10.9 Å². The lowest BCUT2D eigenvalue weighted by molar-refractivity contribution is -0.120. The minimum atomic E-state index is -3.94. The van der Waals surface area contributed by atoms with Gasteiger partial charge in [-0.25, -0.2) is 27.1 Å². The Morgan fingerprint density at radius 1 is 1.23 bits per heavy atom. The van der Waals surface area contributed by atoms with Crippen LogP contribution in [0.15, 0.2) is 57.7 Å². The minimum absolute atomic E-state index is 0.0265. The van der Waals surface area contributed by atoms with Crippen molar-refractivity contribution in [3.63, 3.8) is 0 Å². The van der Waals surface area contributed by atoms with E-state index in [4.69, 9.17) is 11.6 Å². The number of aliphatic imine (C=N–C) groups is 1. The van der Waals surface area contributed by atoms with Crippen LogP contribution in [0.2, 0.25) is 0 Å². The molecule has 5 rings (SSSR count). The van der Waals surface area contributed by atoms with Gasteiger partial charge >= 0.3 is 0 Å². The van der Waals surface area contributed by atoms with Crippen molar-refractivity contribution < 1.29 is 17.6 Å². The van der Waals surface area contributed by atoms with Gasteiger partial charge in [0, 0.05) is 36.9 Å². The summed E-state index contributed by atoms with van der Waals surface area (Å²) in [5.74, 6) is -0.947. The number of nitrogens with zero attached hydrogens (tertiary/aromatic N) is 4. The van der Waals surface area contributed by atoms with E-state index in [1.54, 1.807) is 30.3 Å². The van der Waals surface area contributed by atoms with E-state index >= 15 is 0 Å². The van der Waals surface area contributed by atoms with E-state index in [2.05, 4.69) is 20.3 Å². The standard InChI is InChI=1S/C24H23ClFN5O3S/c1-14-5-7-18(8-6-14)35(33,34)31-13-20(19-9-15(25)11-28-24(19)31)22-27-12-21(26)23(30-22)29-16-3-2-4-17(32)10-16/h5-9,11-13,16,19,24H,2-4,10H2,1H3,(H,27,29,30). The summed E-state index contributed by atoms with van der Waals surface area (Å²) in [6.07, 6.45) is 7.08. The van der Waals surface area contributed by atoms with Gasteiger partial charge < -0.3 is 5.32 Å². The third-order valence-corrected chi connectivity index (χ3v) is 8.29. The number of aromatic nitrogens is 2. The highest BCUT2D eigenvalue weighted by Crippen LogP contribution is 2.41. The topological polar surface area (TPSA) is 105 Å². The molecule has 1 aromatic carbocycles. The number of aryl methyl sites for hydroxylation is 1. The maximum absolute atomic E-state index is 14.6. The number of anilines is 1. The van der Waals surface area contributed by atoms with Crippen LogP contribution in [0.5, 0.6) is 0 Å². The Morgan fingerprint density at radius 3 is 2.74 bits per heavy atom. The smallest absolute Gasteiger partial charge is 0.265 e. The second kappa shape index (κ2) is 9.16. The Bertz CT molecular complexity index is 1370. The van der Waals surface area contributed by atoms with E-state index in [1.165, 1.54) is 16.7 Å². The molecule has 3 heterocycles. The summed E-state index contributed by atoms with van der Waals surface area (Å²) in [6, 6.07) is 6.32. The number of fused-ring (bicyclic) bond motifs is 1. The number of allylic oxidation sites excluding steroid dienone is 1. The number of rotatable bonds is 5. The Morgan fingerprint density at radius 2 is 2.00 bits per heavy atom. The van der Waals surface area contributed by atoms with Crippen LogP contribution in [0, 0.1) is 18.7 Å². The third-order valence-electron chi connectivity index (χ3n) is 6.32. The number of benzene rings is 1. The second-order valence-corrected chi connectivity index (χ2v) is 11.1. The SMILES string of the molecule is Cc1ccc(S(=O)(=O)N2C=C(c3ncc(F)c(NC4CCCC(=O)C4)n3)C3C=C(Cl)C=NC32)cc1. The molecule has 1 saturated carbocycles. The molecule has 0 saturated heterocycles. The summed E-state index contributed by atoms with van der Waals surface area (Å²) in [5.41, 5.74) is 1.38. The van der Waals surface area contributed by atoms with Gasteiger partial charge in [0.2, 0.25) is 0 Å². The normalized spacial score (nSPS) is 24.1. The Labute approximate surface area is 207 Å².